The van der Waals surface area contributed by atoms with Gasteiger partial charge in [-0.15, -0.1) is 0 Å². The highest BCUT2D eigenvalue weighted by Crippen LogP contribution is 2.15. The molecule has 0 unspecified atom stereocenters. The van der Waals surface area contributed by atoms with Crippen molar-refractivity contribution in [2.45, 2.75) is 6.54 Å². The fourth-order valence-corrected chi connectivity index (χ4v) is 2.29. The van der Waals surface area contributed by atoms with Crippen molar-refractivity contribution in [2.24, 2.45) is 0 Å². The third-order valence-electron chi connectivity index (χ3n) is 1.80. The van der Waals surface area contributed by atoms with Crippen molar-refractivity contribution in [1.82, 2.24) is 4.72 Å². The fourth-order valence-electron chi connectivity index (χ4n) is 1.08. The zero-order valence-electron chi connectivity index (χ0n) is 8.48. The summed E-state index contributed by atoms with van der Waals surface area (Å²) >= 11 is 3.12. The number of hydrogen-bond acceptors (Lipinski definition) is 3. The van der Waals surface area contributed by atoms with E-state index in [1.54, 1.807) is 0 Å². The van der Waals surface area contributed by atoms with E-state index in [1.807, 2.05) is 4.72 Å². The molecule has 2 N–H and O–H groups in total. The number of carbonyl (C=O) groups is 1. The predicted octanol–water partition coefficient (Wildman–Crippen LogP) is 1.09. The van der Waals surface area contributed by atoms with Gasteiger partial charge >= 0.3 is 5.97 Å². The highest BCUT2D eigenvalue weighted by Gasteiger charge is 2.15. The quantitative estimate of drug-likeness (QED) is 0.848. The summed E-state index contributed by atoms with van der Waals surface area (Å²) in [5.74, 6) is -3.07. The molecule has 8 heteroatoms. The molecule has 0 fully saturated rings. The summed E-state index contributed by atoms with van der Waals surface area (Å²) in [6.07, 6.45) is 0. The van der Waals surface area contributed by atoms with Crippen molar-refractivity contribution < 1.29 is 22.7 Å². The minimum absolute atomic E-state index is 0.133. The molecule has 0 heterocycles. The molecule has 0 spiro atoms. The van der Waals surface area contributed by atoms with Crippen LogP contribution in [0, 0.1) is 5.82 Å². The van der Waals surface area contributed by atoms with Crippen LogP contribution in [-0.4, -0.2) is 25.2 Å². The zero-order valence-corrected chi connectivity index (χ0v) is 10.9. The summed E-state index contributed by atoms with van der Waals surface area (Å²) in [5, 5.41) is 8.34. The van der Waals surface area contributed by atoms with E-state index in [9.17, 15) is 17.6 Å². The summed E-state index contributed by atoms with van der Waals surface area (Å²) in [7, 11) is -3.94. The van der Waals surface area contributed by atoms with Crippen LogP contribution >= 0.6 is 15.9 Å². The Morgan fingerprint density at radius 1 is 1.47 bits per heavy atom. The lowest BCUT2D eigenvalue weighted by Gasteiger charge is -2.06. The highest BCUT2D eigenvalue weighted by atomic mass is 79.9. The van der Waals surface area contributed by atoms with E-state index >= 15 is 0 Å². The van der Waals surface area contributed by atoms with Crippen LogP contribution in [0.5, 0.6) is 0 Å². The van der Waals surface area contributed by atoms with Crippen LogP contribution in [0.4, 0.5) is 4.39 Å². The van der Waals surface area contributed by atoms with Gasteiger partial charge in [-0.3, -0.25) is 4.79 Å². The molecule has 0 radical (unpaired) electrons. The normalized spacial score (nSPS) is 11.4. The van der Waals surface area contributed by atoms with Gasteiger partial charge in [0, 0.05) is 16.6 Å². The number of aliphatic carboxylic acids is 1. The number of nitrogens with one attached hydrogen (secondary N) is 1. The van der Waals surface area contributed by atoms with E-state index in [0.29, 0.717) is 4.47 Å². The van der Waals surface area contributed by atoms with Crippen LogP contribution in [0.2, 0.25) is 0 Å². The molecule has 1 rings (SSSR count). The molecular weight excluding hydrogens is 317 g/mol. The minimum Gasteiger partial charge on any atom is -0.480 e. The number of benzene rings is 1. The van der Waals surface area contributed by atoms with E-state index in [0.717, 1.165) is 0 Å². The largest absolute Gasteiger partial charge is 0.480 e. The first-order chi connectivity index (χ1) is 7.80. The number of rotatable bonds is 5. The average Bonchev–Trinajstić information content (AvgIpc) is 2.17. The Kier molecular flexibility index (Phi) is 4.61. The van der Waals surface area contributed by atoms with E-state index < -0.39 is 27.6 Å². The number of carboxylic acid groups (broad SMARTS) is 1. The van der Waals surface area contributed by atoms with Gasteiger partial charge in [0.2, 0.25) is 10.0 Å². The van der Waals surface area contributed by atoms with Gasteiger partial charge in [-0.25, -0.2) is 17.5 Å². The summed E-state index contributed by atoms with van der Waals surface area (Å²) in [4.78, 5) is 10.2. The first-order valence-corrected chi connectivity index (χ1v) is 6.88. The molecule has 0 atom stereocenters. The van der Waals surface area contributed by atoms with Crippen LogP contribution in [-0.2, 0) is 21.4 Å². The van der Waals surface area contributed by atoms with Gasteiger partial charge in [0.05, 0.1) is 0 Å². The van der Waals surface area contributed by atoms with Crippen molar-refractivity contribution >= 4 is 31.9 Å². The molecule has 1 aromatic carbocycles. The van der Waals surface area contributed by atoms with Gasteiger partial charge in [0.25, 0.3) is 0 Å². The molecule has 1 aromatic rings. The molecule has 0 aliphatic carbocycles. The van der Waals surface area contributed by atoms with E-state index in [4.69, 9.17) is 5.11 Å². The first-order valence-electron chi connectivity index (χ1n) is 4.43. The van der Waals surface area contributed by atoms with Crippen molar-refractivity contribution in [3.8, 4) is 0 Å². The minimum atomic E-state index is -3.94. The van der Waals surface area contributed by atoms with Gasteiger partial charge < -0.3 is 5.11 Å². The van der Waals surface area contributed by atoms with Gasteiger partial charge in [-0.05, 0) is 18.2 Å². The molecule has 17 heavy (non-hydrogen) atoms. The Balaban J connectivity index is 2.74. The maximum absolute atomic E-state index is 13.2. The summed E-state index contributed by atoms with van der Waals surface area (Å²) < 4.78 is 38.2. The number of hydrogen-bond donors (Lipinski definition) is 2. The molecule has 0 aliphatic heterocycles. The number of sulfonamides is 1. The second kappa shape index (κ2) is 5.56. The lowest BCUT2D eigenvalue weighted by molar-refractivity contribution is -0.134. The van der Waals surface area contributed by atoms with E-state index in [2.05, 4.69) is 15.9 Å². The highest BCUT2D eigenvalue weighted by molar-refractivity contribution is 9.10. The third-order valence-corrected chi connectivity index (χ3v) is 3.51. The summed E-state index contributed by atoms with van der Waals surface area (Å²) in [5.41, 5.74) is 0.133. The number of halogens is 2. The molecule has 0 amide bonds. The van der Waals surface area contributed by atoms with E-state index in [1.165, 1.54) is 18.2 Å². The summed E-state index contributed by atoms with van der Waals surface area (Å²) in [6.45, 7) is -0.291. The van der Waals surface area contributed by atoms with Crippen LogP contribution in [0.25, 0.3) is 0 Å². The average molecular weight is 326 g/mol. The maximum atomic E-state index is 13.2. The van der Waals surface area contributed by atoms with Crippen LogP contribution in [0.3, 0.4) is 0 Å². The predicted molar refractivity (Wildman–Crippen MR) is 62.4 cm³/mol. The van der Waals surface area contributed by atoms with Gasteiger partial charge in [0.15, 0.2) is 5.75 Å². The van der Waals surface area contributed by atoms with Crippen molar-refractivity contribution in [3.63, 3.8) is 0 Å². The van der Waals surface area contributed by atoms with Gasteiger partial charge in [-0.2, -0.15) is 0 Å². The second-order valence-electron chi connectivity index (χ2n) is 3.21. The van der Waals surface area contributed by atoms with Crippen molar-refractivity contribution in [2.75, 3.05) is 5.75 Å². The monoisotopic (exact) mass is 325 g/mol. The Labute approximate surface area is 106 Å². The SMILES string of the molecule is O=C(O)CS(=O)(=O)NCc1cc(Br)ccc1F. The summed E-state index contributed by atoms with van der Waals surface area (Å²) in [6, 6.07) is 4.08. The molecule has 0 bridgehead atoms. The van der Waals surface area contributed by atoms with Crippen LogP contribution in [0.1, 0.15) is 5.56 Å². The first kappa shape index (κ1) is 14.1. The van der Waals surface area contributed by atoms with Crippen LogP contribution < -0.4 is 4.72 Å². The van der Waals surface area contributed by atoms with Gasteiger partial charge in [-0.1, -0.05) is 15.9 Å². The van der Waals surface area contributed by atoms with Crippen molar-refractivity contribution in [1.29, 1.82) is 0 Å². The fraction of sp³-hybridized carbons (Fsp3) is 0.222. The number of carboxylic acids is 1. The molecule has 94 valence electrons. The molecule has 5 nitrogen and oxygen atoms in total. The molecule has 0 saturated carbocycles. The standard InChI is InChI=1S/C9H9BrFNO4S/c10-7-1-2-8(11)6(3-7)4-12-17(15,16)5-9(13)14/h1-3,12H,4-5H2,(H,13,14). The lowest BCUT2D eigenvalue weighted by atomic mass is 10.2. The molecular formula is C9H9BrFNO4S. The lowest BCUT2D eigenvalue weighted by Crippen LogP contribution is -2.29. The molecule has 0 aromatic heterocycles. The Morgan fingerprint density at radius 3 is 2.71 bits per heavy atom. The van der Waals surface area contributed by atoms with Gasteiger partial charge in [0.1, 0.15) is 5.82 Å². The Hall–Kier alpha value is -0.990. The zero-order chi connectivity index (χ0) is 13.1. The Morgan fingerprint density at radius 2 is 2.12 bits per heavy atom. The molecule has 0 saturated heterocycles. The van der Waals surface area contributed by atoms with Crippen molar-refractivity contribution in [3.05, 3.63) is 34.1 Å². The smallest absolute Gasteiger partial charge is 0.320 e. The van der Waals surface area contributed by atoms with E-state index in [-0.39, 0.29) is 12.1 Å². The van der Waals surface area contributed by atoms with Crippen LogP contribution in [0.15, 0.2) is 22.7 Å². The second-order valence-corrected chi connectivity index (χ2v) is 5.93. The topological polar surface area (TPSA) is 83.5 Å². The third kappa shape index (κ3) is 4.80. The molecule has 0 aliphatic rings. The Bertz CT molecular complexity index is 532. The maximum Gasteiger partial charge on any atom is 0.320 e.